The van der Waals surface area contributed by atoms with Crippen LogP contribution in [0.2, 0.25) is 0 Å². The van der Waals surface area contributed by atoms with Crippen LogP contribution in [0.4, 0.5) is 14.7 Å². The number of hydrogen-bond acceptors (Lipinski definition) is 5. The molecule has 0 aliphatic heterocycles. The first kappa shape index (κ1) is 20.3. The lowest BCUT2D eigenvalue weighted by Gasteiger charge is -2.23. The van der Waals surface area contributed by atoms with Crippen LogP contribution in [0.15, 0.2) is 35.1 Å². The fourth-order valence-corrected chi connectivity index (χ4v) is 2.48. The van der Waals surface area contributed by atoms with Gasteiger partial charge < -0.3 is 15.0 Å². The summed E-state index contributed by atoms with van der Waals surface area (Å²) in [6.45, 7) is 0.917. The van der Waals surface area contributed by atoms with E-state index in [2.05, 4.69) is 20.0 Å². The second-order valence-corrected chi connectivity index (χ2v) is 6.49. The Morgan fingerprint density at radius 3 is 2.37 bits per heavy atom. The first-order chi connectivity index (χ1) is 12.7. The first-order valence-corrected chi connectivity index (χ1v) is 8.31. The number of amides is 1. The molecule has 9 heteroatoms. The van der Waals surface area contributed by atoms with E-state index in [0.717, 1.165) is 11.6 Å². The lowest BCUT2D eigenvalue weighted by molar-refractivity contribution is -0.0498. The number of aromatic amines is 1. The Balaban J connectivity index is 2.23. The molecule has 0 radical (unpaired) electrons. The lowest BCUT2D eigenvalue weighted by atomic mass is 9.96. The molecule has 0 spiro atoms. The maximum atomic E-state index is 12.6. The number of hydrogen-bond donors (Lipinski definition) is 2. The minimum absolute atomic E-state index is 0.00568. The standard InChI is InChI=1S/C18H22F2N4O3/c1-10(2)15(11-5-7-12(8-6-11)27-17(19)20)23-16(26)13-9-14(25)22-18(21-13)24(3)4/h5-10,15,17H,1-4H3,(H,23,26)(H,21,22,25)/t15-/m1/s1. The van der Waals surface area contributed by atoms with Gasteiger partial charge in [-0.2, -0.15) is 8.78 Å². The Morgan fingerprint density at radius 2 is 1.85 bits per heavy atom. The summed E-state index contributed by atoms with van der Waals surface area (Å²) in [6.07, 6.45) is 0. The van der Waals surface area contributed by atoms with Crippen molar-refractivity contribution in [2.24, 2.45) is 5.92 Å². The number of halogens is 2. The molecular weight excluding hydrogens is 358 g/mol. The van der Waals surface area contributed by atoms with Crippen molar-refractivity contribution >= 4 is 11.9 Å². The van der Waals surface area contributed by atoms with Gasteiger partial charge in [0.05, 0.1) is 6.04 Å². The maximum Gasteiger partial charge on any atom is 0.387 e. The van der Waals surface area contributed by atoms with E-state index >= 15 is 0 Å². The van der Waals surface area contributed by atoms with Gasteiger partial charge in [-0.25, -0.2) is 4.98 Å². The van der Waals surface area contributed by atoms with Crippen molar-refractivity contribution in [1.29, 1.82) is 0 Å². The quantitative estimate of drug-likeness (QED) is 0.771. The van der Waals surface area contributed by atoms with E-state index in [-0.39, 0.29) is 23.3 Å². The van der Waals surface area contributed by atoms with E-state index in [1.807, 2.05) is 13.8 Å². The molecule has 0 saturated heterocycles. The summed E-state index contributed by atoms with van der Waals surface area (Å²) in [5.74, 6) is -0.196. The molecule has 0 aliphatic rings. The molecule has 0 saturated carbocycles. The first-order valence-electron chi connectivity index (χ1n) is 8.31. The Morgan fingerprint density at radius 1 is 1.22 bits per heavy atom. The van der Waals surface area contributed by atoms with Crippen LogP contribution in [-0.2, 0) is 0 Å². The number of aromatic nitrogens is 2. The number of nitrogens with one attached hydrogen (secondary N) is 2. The highest BCUT2D eigenvalue weighted by atomic mass is 19.3. The van der Waals surface area contributed by atoms with Crippen LogP contribution >= 0.6 is 0 Å². The van der Waals surface area contributed by atoms with Crippen LogP contribution in [0, 0.1) is 5.92 Å². The van der Waals surface area contributed by atoms with Crippen LogP contribution in [0.5, 0.6) is 5.75 Å². The van der Waals surface area contributed by atoms with Gasteiger partial charge in [-0.1, -0.05) is 26.0 Å². The number of nitrogens with zero attached hydrogens (tertiary/aromatic N) is 2. The smallest absolute Gasteiger partial charge is 0.387 e. The minimum atomic E-state index is -2.90. The zero-order chi connectivity index (χ0) is 20.1. The van der Waals surface area contributed by atoms with E-state index in [0.29, 0.717) is 0 Å². The predicted molar refractivity (Wildman–Crippen MR) is 97.3 cm³/mol. The largest absolute Gasteiger partial charge is 0.435 e. The summed E-state index contributed by atoms with van der Waals surface area (Å²) < 4.78 is 28.9. The molecule has 1 aromatic carbocycles. The Labute approximate surface area is 155 Å². The Hall–Kier alpha value is -2.97. The second kappa shape index (κ2) is 8.61. The van der Waals surface area contributed by atoms with Crippen LogP contribution in [0.3, 0.4) is 0 Å². The number of alkyl halides is 2. The minimum Gasteiger partial charge on any atom is -0.435 e. The average Bonchev–Trinajstić information content (AvgIpc) is 2.59. The van der Waals surface area contributed by atoms with E-state index in [1.54, 1.807) is 31.1 Å². The molecule has 0 aliphatic carbocycles. The summed E-state index contributed by atoms with van der Waals surface area (Å²) in [4.78, 5) is 32.6. The molecule has 1 atom stereocenters. The molecule has 146 valence electrons. The number of rotatable bonds is 7. The average molecular weight is 380 g/mol. The monoisotopic (exact) mass is 380 g/mol. The second-order valence-electron chi connectivity index (χ2n) is 6.49. The van der Waals surface area contributed by atoms with Crippen molar-refractivity contribution in [3.8, 4) is 5.75 Å². The third kappa shape index (κ3) is 5.50. The zero-order valence-electron chi connectivity index (χ0n) is 15.5. The van der Waals surface area contributed by atoms with Gasteiger partial charge in [-0.15, -0.1) is 0 Å². The van der Waals surface area contributed by atoms with Gasteiger partial charge in [0.15, 0.2) is 0 Å². The van der Waals surface area contributed by atoms with Crippen molar-refractivity contribution in [2.75, 3.05) is 19.0 Å². The number of anilines is 1. The normalized spacial score (nSPS) is 12.1. The number of H-pyrrole nitrogens is 1. The fourth-order valence-electron chi connectivity index (χ4n) is 2.48. The van der Waals surface area contributed by atoms with E-state index in [9.17, 15) is 18.4 Å². The van der Waals surface area contributed by atoms with Crippen LogP contribution in [0.25, 0.3) is 0 Å². The lowest BCUT2D eigenvalue weighted by Crippen LogP contribution is -2.33. The van der Waals surface area contributed by atoms with Crippen molar-refractivity contribution < 1.29 is 18.3 Å². The van der Waals surface area contributed by atoms with Gasteiger partial charge in [0, 0.05) is 20.2 Å². The van der Waals surface area contributed by atoms with Gasteiger partial charge in [0.2, 0.25) is 5.95 Å². The molecule has 0 bridgehead atoms. The number of benzene rings is 1. The molecule has 27 heavy (non-hydrogen) atoms. The number of ether oxygens (including phenoxy) is 1. The fraction of sp³-hybridized carbons (Fsp3) is 0.389. The number of carbonyl (C=O) groups is 1. The summed E-state index contributed by atoms with van der Waals surface area (Å²) in [5.41, 5.74) is 0.275. The Bertz CT molecular complexity index is 835. The highest BCUT2D eigenvalue weighted by Gasteiger charge is 2.21. The van der Waals surface area contributed by atoms with Gasteiger partial charge in [-0.3, -0.25) is 14.6 Å². The maximum absolute atomic E-state index is 12.6. The molecular formula is C18H22F2N4O3. The molecule has 0 unspecified atom stereocenters. The topological polar surface area (TPSA) is 87.3 Å². The summed E-state index contributed by atoms with van der Waals surface area (Å²) >= 11 is 0. The Kier molecular flexibility index (Phi) is 6.49. The molecule has 1 aromatic heterocycles. The van der Waals surface area contributed by atoms with E-state index in [1.165, 1.54) is 12.1 Å². The molecule has 2 N–H and O–H groups in total. The molecule has 1 heterocycles. The molecule has 0 fully saturated rings. The SMILES string of the molecule is CC(C)[C@@H](NC(=O)c1cc(=O)[nH]c(N(C)C)n1)c1ccc(OC(F)F)cc1. The van der Waals surface area contributed by atoms with Crippen molar-refractivity contribution in [2.45, 2.75) is 26.5 Å². The van der Waals surface area contributed by atoms with Crippen LogP contribution in [0.1, 0.15) is 35.9 Å². The molecule has 2 rings (SSSR count). The van der Waals surface area contributed by atoms with E-state index < -0.39 is 24.1 Å². The highest BCUT2D eigenvalue weighted by Crippen LogP contribution is 2.25. The van der Waals surface area contributed by atoms with E-state index in [4.69, 9.17) is 0 Å². The van der Waals surface area contributed by atoms with Crippen molar-refractivity contribution in [3.05, 3.63) is 51.9 Å². The highest BCUT2D eigenvalue weighted by molar-refractivity contribution is 5.92. The third-order valence-electron chi connectivity index (χ3n) is 3.80. The van der Waals surface area contributed by atoms with Gasteiger partial charge in [-0.05, 0) is 23.6 Å². The summed E-state index contributed by atoms with van der Waals surface area (Å²) in [5, 5.41) is 2.84. The number of carbonyl (C=O) groups excluding carboxylic acids is 1. The predicted octanol–water partition coefficient (Wildman–Crippen LogP) is 2.56. The zero-order valence-corrected chi connectivity index (χ0v) is 15.5. The van der Waals surface area contributed by atoms with Crippen LogP contribution in [-0.4, -0.2) is 36.6 Å². The van der Waals surface area contributed by atoms with Gasteiger partial charge >= 0.3 is 6.61 Å². The van der Waals surface area contributed by atoms with Crippen molar-refractivity contribution in [1.82, 2.24) is 15.3 Å². The summed E-state index contributed by atoms with van der Waals surface area (Å²) in [6, 6.07) is 6.77. The summed E-state index contributed by atoms with van der Waals surface area (Å²) in [7, 11) is 3.39. The molecule has 2 aromatic rings. The van der Waals surface area contributed by atoms with Crippen molar-refractivity contribution in [3.63, 3.8) is 0 Å². The van der Waals surface area contributed by atoms with Gasteiger partial charge in [0.1, 0.15) is 11.4 Å². The third-order valence-corrected chi connectivity index (χ3v) is 3.80. The van der Waals surface area contributed by atoms with Gasteiger partial charge in [0.25, 0.3) is 11.5 Å². The molecule has 7 nitrogen and oxygen atoms in total. The van der Waals surface area contributed by atoms with Crippen LogP contribution < -0.4 is 20.5 Å². The molecule has 1 amide bonds.